The second-order valence-corrected chi connectivity index (χ2v) is 10.9. The minimum atomic E-state index is -0.624. The number of methoxy groups -OCH3 is 1. The third-order valence-corrected chi connectivity index (χ3v) is 7.62. The number of nitrogens with zero attached hydrogens (tertiary/aromatic N) is 4. The first-order chi connectivity index (χ1) is 20.2. The summed E-state index contributed by atoms with van der Waals surface area (Å²) in [5.74, 6) is 2.30. The molecule has 42 heavy (non-hydrogen) atoms. The van der Waals surface area contributed by atoms with Crippen LogP contribution in [0.2, 0.25) is 0 Å². The van der Waals surface area contributed by atoms with E-state index >= 15 is 0 Å². The van der Waals surface area contributed by atoms with E-state index in [9.17, 15) is 10.5 Å². The Morgan fingerprint density at radius 3 is 2.29 bits per heavy atom. The molecule has 5 rings (SSSR count). The van der Waals surface area contributed by atoms with E-state index in [4.69, 9.17) is 29.1 Å². The molecular weight excluding hydrogens is 554 g/mol. The maximum atomic E-state index is 10.2. The number of ether oxygens (including phenoxy) is 4. The van der Waals surface area contributed by atoms with Crippen LogP contribution in [0.25, 0.3) is 22.6 Å². The number of hydrogen-bond donors (Lipinski definition) is 1. The predicted octanol–water partition coefficient (Wildman–Crippen LogP) is 5.87. The van der Waals surface area contributed by atoms with E-state index in [2.05, 4.69) is 22.1 Å². The highest BCUT2D eigenvalue weighted by Gasteiger charge is 2.33. The van der Waals surface area contributed by atoms with E-state index in [1.165, 1.54) is 11.8 Å². The van der Waals surface area contributed by atoms with Crippen LogP contribution in [0.5, 0.6) is 11.5 Å². The molecule has 1 atom stereocenters. The molecule has 10 nitrogen and oxygen atoms in total. The normalized spacial score (nSPS) is 15.6. The smallest absolute Gasteiger partial charge is 0.226 e. The quantitative estimate of drug-likeness (QED) is 0.236. The lowest BCUT2D eigenvalue weighted by molar-refractivity contribution is -0.141. The van der Waals surface area contributed by atoms with Crippen LogP contribution >= 0.6 is 11.8 Å². The summed E-state index contributed by atoms with van der Waals surface area (Å²) in [6.45, 7) is 6.35. The first-order valence-corrected chi connectivity index (χ1v) is 14.1. The van der Waals surface area contributed by atoms with Crippen molar-refractivity contribution in [2.24, 2.45) is 0 Å². The van der Waals surface area contributed by atoms with Crippen molar-refractivity contribution < 1.29 is 23.4 Å². The minimum absolute atomic E-state index is 0.0473. The molecule has 0 spiro atoms. The molecule has 2 N–H and O–H groups in total. The molecule has 0 aliphatic carbocycles. The fourth-order valence-electron chi connectivity index (χ4n) is 4.50. The van der Waals surface area contributed by atoms with E-state index < -0.39 is 5.79 Å². The fourth-order valence-corrected chi connectivity index (χ4v) is 5.50. The number of nitrogens with two attached hydrogens (primary N) is 1. The van der Waals surface area contributed by atoms with Gasteiger partial charge < -0.3 is 29.1 Å². The number of thioether (sulfide) groups is 1. The molecule has 1 fully saturated rings. The van der Waals surface area contributed by atoms with E-state index in [-0.39, 0.29) is 23.0 Å². The van der Waals surface area contributed by atoms with E-state index in [0.717, 1.165) is 11.3 Å². The van der Waals surface area contributed by atoms with Crippen LogP contribution in [-0.4, -0.2) is 42.2 Å². The van der Waals surface area contributed by atoms with Gasteiger partial charge in [-0.2, -0.15) is 10.5 Å². The number of aryl methyl sites for hydroxylation is 1. The van der Waals surface area contributed by atoms with Crippen LogP contribution in [-0.2, 0) is 15.2 Å². The van der Waals surface area contributed by atoms with Gasteiger partial charge in [-0.25, -0.2) is 9.97 Å². The van der Waals surface area contributed by atoms with Crippen molar-refractivity contribution in [1.29, 1.82) is 10.5 Å². The van der Waals surface area contributed by atoms with Gasteiger partial charge in [0, 0.05) is 16.9 Å². The minimum Gasteiger partial charge on any atom is -0.497 e. The number of hydrogen-bond acceptors (Lipinski definition) is 11. The molecule has 11 heteroatoms. The van der Waals surface area contributed by atoms with Crippen molar-refractivity contribution in [3.8, 4) is 46.2 Å². The van der Waals surface area contributed by atoms with E-state index in [0.29, 0.717) is 58.2 Å². The molecule has 4 aromatic rings. The molecule has 2 aromatic carbocycles. The Morgan fingerprint density at radius 1 is 1.00 bits per heavy atom. The Balaban J connectivity index is 1.36. The average Bonchev–Trinajstić information content (AvgIpc) is 3.55. The van der Waals surface area contributed by atoms with Crippen molar-refractivity contribution in [1.82, 2.24) is 9.97 Å². The maximum Gasteiger partial charge on any atom is 0.226 e. The summed E-state index contributed by atoms with van der Waals surface area (Å²) in [6, 6.07) is 18.9. The van der Waals surface area contributed by atoms with Crippen LogP contribution < -0.4 is 15.2 Å². The lowest BCUT2D eigenvalue weighted by Crippen LogP contribution is -2.25. The van der Waals surface area contributed by atoms with E-state index in [1.807, 2.05) is 45.0 Å². The van der Waals surface area contributed by atoms with Gasteiger partial charge in [-0.15, -0.1) is 0 Å². The Bertz CT molecular complexity index is 1670. The van der Waals surface area contributed by atoms with Crippen LogP contribution in [0.3, 0.4) is 0 Å². The molecule has 1 aliphatic heterocycles. The summed E-state index contributed by atoms with van der Waals surface area (Å²) in [5, 5.41) is 20.5. The molecule has 1 saturated heterocycles. The Morgan fingerprint density at radius 2 is 1.67 bits per heavy atom. The molecule has 0 saturated carbocycles. The number of pyridine rings is 1. The van der Waals surface area contributed by atoms with Crippen molar-refractivity contribution in [3.63, 3.8) is 0 Å². The van der Waals surface area contributed by atoms with Gasteiger partial charge in [0.15, 0.2) is 5.79 Å². The summed E-state index contributed by atoms with van der Waals surface area (Å²) in [7, 11) is 1.61. The van der Waals surface area contributed by atoms with E-state index in [1.54, 1.807) is 31.4 Å². The molecule has 0 bridgehead atoms. The Kier molecular flexibility index (Phi) is 8.36. The molecule has 0 unspecified atom stereocenters. The summed E-state index contributed by atoms with van der Waals surface area (Å²) in [5.41, 5.74) is 9.21. The fraction of sp³-hybridized carbons (Fsp3) is 0.290. The van der Waals surface area contributed by atoms with Crippen LogP contribution in [0.4, 0.5) is 5.82 Å². The summed E-state index contributed by atoms with van der Waals surface area (Å²) in [6.07, 6.45) is -0.171. The van der Waals surface area contributed by atoms with Crippen LogP contribution in [0.1, 0.15) is 36.4 Å². The summed E-state index contributed by atoms with van der Waals surface area (Å²) in [4.78, 5) is 9.06. The van der Waals surface area contributed by atoms with Crippen LogP contribution in [0.15, 0.2) is 58.0 Å². The molecule has 2 aromatic heterocycles. The topological polar surface area (TPSA) is 149 Å². The molecule has 3 heterocycles. The van der Waals surface area contributed by atoms with Gasteiger partial charge >= 0.3 is 0 Å². The zero-order valence-corrected chi connectivity index (χ0v) is 24.4. The number of anilines is 1. The molecular formula is C31H29N5O5S. The van der Waals surface area contributed by atoms with Gasteiger partial charge in [0.2, 0.25) is 5.89 Å². The predicted molar refractivity (Wildman–Crippen MR) is 157 cm³/mol. The highest BCUT2D eigenvalue weighted by molar-refractivity contribution is 7.98. The highest BCUT2D eigenvalue weighted by atomic mass is 32.2. The number of oxazole rings is 1. The molecule has 0 amide bonds. The van der Waals surface area contributed by atoms with Gasteiger partial charge in [-0.05, 0) is 62.7 Å². The third-order valence-electron chi connectivity index (χ3n) is 6.64. The first-order valence-electron chi connectivity index (χ1n) is 13.1. The zero-order chi connectivity index (χ0) is 29.9. The van der Waals surface area contributed by atoms with Crippen LogP contribution in [0, 0.1) is 29.6 Å². The molecule has 0 radical (unpaired) electrons. The van der Waals surface area contributed by atoms with Gasteiger partial charge in [-0.3, -0.25) is 0 Å². The SMILES string of the molecule is COc1ccc(-c2nc(CSc3nc(N)c(C#N)c(-c4ccc(OC[C@@H]5COC(C)(C)O5)cc4)c3C#N)c(C)o2)cc1. The highest BCUT2D eigenvalue weighted by Crippen LogP contribution is 2.38. The van der Waals surface area contributed by atoms with Crippen molar-refractivity contribution in [3.05, 3.63) is 71.1 Å². The molecule has 1 aliphatic rings. The zero-order valence-electron chi connectivity index (χ0n) is 23.6. The third kappa shape index (κ3) is 6.19. The Labute approximate surface area is 248 Å². The van der Waals surface area contributed by atoms with Crippen molar-refractivity contribution in [2.45, 2.75) is 43.4 Å². The number of rotatable bonds is 9. The number of nitrogen functional groups attached to an aromatic ring is 1. The largest absolute Gasteiger partial charge is 0.497 e. The van der Waals surface area contributed by atoms with Gasteiger partial charge in [0.1, 0.15) is 58.5 Å². The maximum absolute atomic E-state index is 10.2. The average molecular weight is 584 g/mol. The number of aromatic nitrogens is 2. The standard InChI is InChI=1S/C31H29N5O5S/c1-18-26(35-29(40-18)20-7-9-21(37-4)10-8-20)17-42-30-25(14-33)27(24(13-32)28(34)36-30)19-5-11-22(12-6-19)38-15-23-16-39-31(2,3)41-23/h5-12,23H,15-17H2,1-4H3,(H2,34,36)/t23-/m1/s1. The van der Waals surface area contributed by atoms with Gasteiger partial charge in [-0.1, -0.05) is 23.9 Å². The number of benzene rings is 2. The number of nitriles is 2. The second-order valence-electron chi connectivity index (χ2n) is 9.98. The lowest BCUT2D eigenvalue weighted by atomic mass is 9.97. The monoisotopic (exact) mass is 583 g/mol. The molecule has 214 valence electrons. The first kappa shape index (κ1) is 29.0. The lowest BCUT2D eigenvalue weighted by Gasteiger charge is -2.17. The summed E-state index contributed by atoms with van der Waals surface area (Å²) >= 11 is 1.30. The van der Waals surface area contributed by atoms with Gasteiger partial charge in [0.05, 0.1) is 25.0 Å². The van der Waals surface area contributed by atoms with Crippen molar-refractivity contribution >= 4 is 17.6 Å². The summed E-state index contributed by atoms with van der Waals surface area (Å²) < 4.78 is 28.4. The van der Waals surface area contributed by atoms with Crippen molar-refractivity contribution in [2.75, 3.05) is 26.1 Å². The Hall–Kier alpha value is -4.55. The second kappa shape index (κ2) is 12.1. The van der Waals surface area contributed by atoms with Gasteiger partial charge in [0.25, 0.3) is 0 Å².